The first-order valence-electron chi connectivity index (χ1n) is 9.82. The molecule has 0 amide bonds. The van der Waals surface area contributed by atoms with E-state index in [2.05, 4.69) is 45.9 Å². The van der Waals surface area contributed by atoms with E-state index in [4.69, 9.17) is 4.74 Å². The number of carbonyl (C=O) groups excluding carboxylic acids is 1. The lowest BCUT2D eigenvalue weighted by Gasteiger charge is -2.32. The molecule has 0 bridgehead atoms. The summed E-state index contributed by atoms with van der Waals surface area (Å²) < 4.78 is 5.16. The van der Waals surface area contributed by atoms with Crippen LogP contribution in [0, 0.1) is 5.41 Å². The van der Waals surface area contributed by atoms with E-state index in [1.54, 1.807) is 4.90 Å². The van der Waals surface area contributed by atoms with Crippen LogP contribution in [0.4, 0.5) is 0 Å². The van der Waals surface area contributed by atoms with Gasteiger partial charge in [-0.05, 0) is 71.2 Å². The fraction of sp³-hybridized carbons (Fsp3) is 0.542. The summed E-state index contributed by atoms with van der Waals surface area (Å²) in [5, 5.41) is 0. The molecule has 3 heteroatoms. The first kappa shape index (κ1) is 23.2. The summed E-state index contributed by atoms with van der Waals surface area (Å²) in [6.45, 7) is 11.7. The maximum Gasteiger partial charge on any atom is 0.320 e. The zero-order valence-electron chi connectivity index (χ0n) is 18.3. The second-order valence-corrected chi connectivity index (χ2v) is 8.40. The second-order valence-electron chi connectivity index (χ2n) is 8.40. The van der Waals surface area contributed by atoms with Crippen molar-refractivity contribution in [2.75, 3.05) is 27.2 Å². The molecule has 0 unspecified atom stereocenters. The number of likely N-dealkylation sites (N-methyl/N-ethyl adjacent to an activating group) is 1. The van der Waals surface area contributed by atoms with Gasteiger partial charge in [-0.25, -0.2) is 0 Å². The van der Waals surface area contributed by atoms with Gasteiger partial charge in [0.25, 0.3) is 0 Å². The summed E-state index contributed by atoms with van der Waals surface area (Å²) in [5.41, 5.74) is 5.58. The average molecular weight is 372 g/mol. The Bertz CT molecular complexity index is 658. The molecule has 150 valence electrons. The quantitative estimate of drug-likeness (QED) is 0.409. The van der Waals surface area contributed by atoms with Crippen molar-refractivity contribution in [1.29, 1.82) is 0 Å². The van der Waals surface area contributed by atoms with Crippen LogP contribution in [-0.4, -0.2) is 38.1 Å². The second kappa shape index (κ2) is 11.1. The number of ether oxygens (including phenoxy) is 1. The van der Waals surface area contributed by atoms with Gasteiger partial charge >= 0.3 is 5.97 Å². The Morgan fingerprint density at radius 2 is 1.89 bits per heavy atom. The van der Waals surface area contributed by atoms with Crippen molar-refractivity contribution in [2.24, 2.45) is 5.41 Å². The maximum absolute atomic E-state index is 11.5. The van der Waals surface area contributed by atoms with Crippen LogP contribution in [-0.2, 0) is 9.53 Å². The van der Waals surface area contributed by atoms with E-state index in [9.17, 15) is 4.79 Å². The normalized spacial score (nSPS) is 18.8. The summed E-state index contributed by atoms with van der Waals surface area (Å²) in [6.07, 6.45) is 16.4. The number of esters is 1. The summed E-state index contributed by atoms with van der Waals surface area (Å²) in [5.74, 6) is -0.204. The van der Waals surface area contributed by atoms with Crippen LogP contribution in [0.2, 0.25) is 0 Å². The molecule has 1 aliphatic rings. The van der Waals surface area contributed by atoms with Gasteiger partial charge in [0.05, 0.1) is 6.54 Å². The van der Waals surface area contributed by atoms with Crippen molar-refractivity contribution in [3.63, 3.8) is 0 Å². The van der Waals surface area contributed by atoms with E-state index in [-0.39, 0.29) is 11.4 Å². The minimum atomic E-state index is -0.204. The van der Waals surface area contributed by atoms with E-state index >= 15 is 0 Å². The molecule has 3 nitrogen and oxygen atoms in total. The SMILES string of the molecule is CC1=C(/C=C/C(C)=C/C=C/C(C)=C/COC(=O)CN(C)C)C(C)(C)CCC1. The average Bonchev–Trinajstić information content (AvgIpc) is 2.53. The number of hydrogen-bond donors (Lipinski definition) is 0. The third-order valence-electron chi connectivity index (χ3n) is 4.87. The molecule has 27 heavy (non-hydrogen) atoms. The lowest BCUT2D eigenvalue weighted by Crippen LogP contribution is -2.23. The third kappa shape index (κ3) is 9.05. The first-order chi connectivity index (χ1) is 12.6. The number of allylic oxidation sites excluding steroid dienone is 9. The predicted octanol–water partition coefficient (Wildman–Crippen LogP) is 5.62. The number of nitrogens with zero attached hydrogens (tertiary/aromatic N) is 1. The van der Waals surface area contributed by atoms with Gasteiger partial charge in [0.1, 0.15) is 6.61 Å². The molecule has 0 radical (unpaired) electrons. The molecule has 0 spiro atoms. The zero-order chi connectivity index (χ0) is 20.4. The Morgan fingerprint density at radius 1 is 1.19 bits per heavy atom. The molecule has 0 saturated heterocycles. The molecule has 1 aliphatic carbocycles. The van der Waals surface area contributed by atoms with E-state index in [0.29, 0.717) is 13.2 Å². The summed E-state index contributed by atoms with van der Waals surface area (Å²) in [6, 6.07) is 0. The van der Waals surface area contributed by atoms with Crippen LogP contribution in [0.25, 0.3) is 0 Å². The van der Waals surface area contributed by atoms with Crippen molar-refractivity contribution < 1.29 is 9.53 Å². The van der Waals surface area contributed by atoms with Crippen molar-refractivity contribution >= 4 is 5.97 Å². The van der Waals surface area contributed by atoms with Gasteiger partial charge in [0, 0.05) is 0 Å². The Kier molecular flexibility index (Phi) is 9.51. The molecular weight excluding hydrogens is 334 g/mol. The lowest BCUT2D eigenvalue weighted by atomic mass is 9.72. The minimum absolute atomic E-state index is 0.204. The highest BCUT2D eigenvalue weighted by atomic mass is 16.5. The molecule has 0 aliphatic heterocycles. The van der Waals surface area contributed by atoms with Crippen LogP contribution >= 0.6 is 0 Å². The lowest BCUT2D eigenvalue weighted by molar-refractivity contribution is -0.143. The fourth-order valence-corrected chi connectivity index (χ4v) is 3.27. The highest BCUT2D eigenvalue weighted by Crippen LogP contribution is 2.40. The summed E-state index contributed by atoms with van der Waals surface area (Å²) in [4.78, 5) is 13.3. The molecule has 1 rings (SSSR count). The molecule has 0 fully saturated rings. The highest BCUT2D eigenvalue weighted by molar-refractivity contribution is 5.71. The minimum Gasteiger partial charge on any atom is -0.460 e. The summed E-state index contributed by atoms with van der Waals surface area (Å²) in [7, 11) is 3.70. The monoisotopic (exact) mass is 371 g/mol. The Labute approximate surface area is 166 Å². The van der Waals surface area contributed by atoms with Gasteiger partial charge in [0.15, 0.2) is 0 Å². The molecular formula is C24H37NO2. The van der Waals surface area contributed by atoms with E-state index in [1.165, 1.54) is 36.0 Å². The van der Waals surface area contributed by atoms with E-state index in [0.717, 1.165) is 5.57 Å². The zero-order valence-corrected chi connectivity index (χ0v) is 18.3. The van der Waals surface area contributed by atoms with E-state index in [1.807, 2.05) is 39.2 Å². The van der Waals surface area contributed by atoms with Crippen molar-refractivity contribution in [2.45, 2.75) is 53.9 Å². The largest absolute Gasteiger partial charge is 0.460 e. The summed E-state index contributed by atoms with van der Waals surface area (Å²) >= 11 is 0. The predicted molar refractivity (Wildman–Crippen MR) is 116 cm³/mol. The number of rotatable bonds is 8. The molecule has 0 saturated carbocycles. The molecule has 0 aromatic heterocycles. The first-order valence-corrected chi connectivity index (χ1v) is 9.82. The van der Waals surface area contributed by atoms with Gasteiger partial charge in [-0.1, -0.05) is 60.9 Å². The fourth-order valence-electron chi connectivity index (χ4n) is 3.27. The molecule has 0 N–H and O–H groups in total. The van der Waals surface area contributed by atoms with Crippen LogP contribution in [0.1, 0.15) is 53.9 Å². The smallest absolute Gasteiger partial charge is 0.320 e. The standard InChI is InChI=1S/C24H37NO2/c1-19(13-14-22-21(3)12-9-16-24(22,4)5)10-8-11-20(2)15-17-27-23(26)18-25(6)7/h8,10-11,13-15H,9,12,16-18H2,1-7H3/b11-8+,14-13+,19-10+,20-15+. The number of carbonyl (C=O) groups is 1. The Morgan fingerprint density at radius 3 is 2.52 bits per heavy atom. The van der Waals surface area contributed by atoms with Crippen LogP contribution in [0.3, 0.4) is 0 Å². The van der Waals surface area contributed by atoms with Crippen LogP contribution < -0.4 is 0 Å². The van der Waals surface area contributed by atoms with E-state index < -0.39 is 0 Å². The van der Waals surface area contributed by atoms with Crippen molar-refractivity contribution in [3.05, 3.63) is 58.7 Å². The Hall–Kier alpha value is -1.87. The van der Waals surface area contributed by atoms with Crippen molar-refractivity contribution in [1.82, 2.24) is 4.90 Å². The maximum atomic E-state index is 11.5. The van der Waals surface area contributed by atoms with Crippen LogP contribution in [0.15, 0.2) is 58.7 Å². The molecule has 0 aromatic carbocycles. The molecule has 0 atom stereocenters. The molecule has 0 heterocycles. The van der Waals surface area contributed by atoms with Gasteiger partial charge in [-0.2, -0.15) is 0 Å². The van der Waals surface area contributed by atoms with Gasteiger partial charge in [-0.15, -0.1) is 0 Å². The molecule has 0 aromatic rings. The van der Waals surface area contributed by atoms with Gasteiger partial charge in [0.2, 0.25) is 0 Å². The van der Waals surface area contributed by atoms with Gasteiger partial charge < -0.3 is 4.74 Å². The highest BCUT2D eigenvalue weighted by Gasteiger charge is 2.26. The topological polar surface area (TPSA) is 29.5 Å². The third-order valence-corrected chi connectivity index (χ3v) is 4.87. The van der Waals surface area contributed by atoms with Gasteiger partial charge in [-0.3, -0.25) is 9.69 Å². The Balaban J connectivity index is 2.57. The number of hydrogen-bond acceptors (Lipinski definition) is 3. The van der Waals surface area contributed by atoms with Crippen molar-refractivity contribution in [3.8, 4) is 0 Å². The van der Waals surface area contributed by atoms with Crippen LogP contribution in [0.5, 0.6) is 0 Å².